The summed E-state index contributed by atoms with van der Waals surface area (Å²) in [5.74, 6) is 0.940. The predicted octanol–water partition coefficient (Wildman–Crippen LogP) is 2.79. The van der Waals surface area contributed by atoms with Crippen LogP contribution in [0.5, 0.6) is 5.75 Å². The second-order valence-electron chi connectivity index (χ2n) is 4.12. The van der Waals surface area contributed by atoms with Crippen LogP contribution in [0.2, 0.25) is 0 Å². The molecule has 0 saturated heterocycles. The molecule has 0 amide bonds. The van der Waals surface area contributed by atoms with Gasteiger partial charge in [0.05, 0.1) is 12.1 Å². The number of hydrogen-bond acceptors (Lipinski definition) is 4. The monoisotopic (exact) mass is 262 g/mol. The lowest BCUT2D eigenvalue weighted by Gasteiger charge is -2.08. The van der Waals surface area contributed by atoms with Gasteiger partial charge in [-0.15, -0.1) is 11.3 Å². The van der Waals surface area contributed by atoms with Gasteiger partial charge >= 0.3 is 0 Å². The van der Waals surface area contributed by atoms with E-state index in [0.29, 0.717) is 0 Å². The Balaban J connectivity index is 1.78. The van der Waals surface area contributed by atoms with Crippen molar-refractivity contribution in [2.75, 3.05) is 13.7 Å². The number of hydrogen-bond donors (Lipinski definition) is 1. The first-order valence-electron chi connectivity index (χ1n) is 6.03. The van der Waals surface area contributed by atoms with E-state index >= 15 is 0 Å². The number of methoxy groups -OCH3 is 1. The van der Waals surface area contributed by atoms with E-state index < -0.39 is 0 Å². The van der Waals surface area contributed by atoms with Gasteiger partial charge in [-0.3, -0.25) is 0 Å². The van der Waals surface area contributed by atoms with E-state index in [9.17, 15) is 0 Å². The lowest BCUT2D eigenvalue weighted by molar-refractivity contribution is 0.408. The number of ether oxygens (including phenoxy) is 1. The van der Waals surface area contributed by atoms with Gasteiger partial charge < -0.3 is 10.1 Å². The molecule has 1 N–H and O–H groups in total. The van der Waals surface area contributed by atoms with Crippen molar-refractivity contribution >= 4 is 11.3 Å². The first-order chi connectivity index (χ1) is 8.79. The van der Waals surface area contributed by atoms with E-state index in [1.807, 2.05) is 25.1 Å². The average Bonchev–Trinajstić information content (AvgIpc) is 2.81. The van der Waals surface area contributed by atoms with Crippen molar-refractivity contribution in [3.8, 4) is 5.75 Å². The standard InChI is InChI=1S/C14H18N2OS/c1-11-10-18-14(16-11)7-8-15-9-12-5-3-4-6-13(12)17-2/h3-6,10,15H,7-9H2,1-2H3. The number of thiazole rings is 1. The van der Waals surface area contributed by atoms with Crippen molar-refractivity contribution in [3.05, 3.63) is 45.9 Å². The Morgan fingerprint density at radius 2 is 2.17 bits per heavy atom. The molecule has 18 heavy (non-hydrogen) atoms. The molecule has 1 aromatic heterocycles. The van der Waals surface area contributed by atoms with Gasteiger partial charge in [-0.05, 0) is 13.0 Å². The molecule has 0 radical (unpaired) electrons. The summed E-state index contributed by atoms with van der Waals surface area (Å²) >= 11 is 1.73. The Morgan fingerprint density at radius 1 is 1.33 bits per heavy atom. The lowest BCUT2D eigenvalue weighted by atomic mass is 10.2. The third-order valence-electron chi connectivity index (χ3n) is 2.69. The number of aromatic nitrogens is 1. The largest absolute Gasteiger partial charge is 0.496 e. The first-order valence-corrected chi connectivity index (χ1v) is 6.91. The molecule has 0 spiro atoms. The molecule has 0 aliphatic rings. The van der Waals surface area contributed by atoms with Gasteiger partial charge in [0.15, 0.2) is 0 Å². The van der Waals surface area contributed by atoms with Gasteiger partial charge in [-0.2, -0.15) is 0 Å². The molecule has 3 nitrogen and oxygen atoms in total. The quantitative estimate of drug-likeness (QED) is 0.813. The van der Waals surface area contributed by atoms with Crippen molar-refractivity contribution in [2.24, 2.45) is 0 Å². The van der Waals surface area contributed by atoms with Crippen molar-refractivity contribution < 1.29 is 4.74 Å². The van der Waals surface area contributed by atoms with Crippen LogP contribution in [0.25, 0.3) is 0 Å². The van der Waals surface area contributed by atoms with Gasteiger partial charge in [-0.25, -0.2) is 4.98 Å². The Bertz CT molecular complexity index is 496. The predicted molar refractivity (Wildman–Crippen MR) is 75.3 cm³/mol. The van der Waals surface area contributed by atoms with E-state index in [2.05, 4.69) is 21.7 Å². The molecule has 0 aliphatic heterocycles. The molecule has 96 valence electrons. The van der Waals surface area contributed by atoms with E-state index in [1.165, 1.54) is 10.6 Å². The van der Waals surface area contributed by atoms with Crippen LogP contribution in [0.4, 0.5) is 0 Å². The second-order valence-corrected chi connectivity index (χ2v) is 5.06. The number of para-hydroxylation sites is 1. The van der Waals surface area contributed by atoms with Crippen LogP contribution < -0.4 is 10.1 Å². The molecule has 0 aliphatic carbocycles. The highest BCUT2D eigenvalue weighted by Crippen LogP contribution is 2.16. The highest BCUT2D eigenvalue weighted by Gasteiger charge is 2.01. The Kier molecular flexibility index (Phi) is 4.73. The number of rotatable bonds is 6. The van der Waals surface area contributed by atoms with E-state index in [4.69, 9.17) is 4.74 Å². The van der Waals surface area contributed by atoms with Crippen LogP contribution in [0.15, 0.2) is 29.6 Å². The van der Waals surface area contributed by atoms with Gasteiger partial charge in [-0.1, -0.05) is 18.2 Å². The van der Waals surface area contributed by atoms with E-state index in [1.54, 1.807) is 18.4 Å². The zero-order valence-electron chi connectivity index (χ0n) is 10.8. The Labute approximate surface area is 112 Å². The third-order valence-corrected chi connectivity index (χ3v) is 3.72. The highest BCUT2D eigenvalue weighted by atomic mass is 32.1. The molecule has 0 bridgehead atoms. The summed E-state index contributed by atoms with van der Waals surface area (Å²) in [5, 5.41) is 6.71. The minimum absolute atomic E-state index is 0.828. The van der Waals surface area contributed by atoms with Crippen LogP contribution in [-0.2, 0) is 13.0 Å². The molecule has 0 fully saturated rings. The summed E-state index contributed by atoms with van der Waals surface area (Å²) in [5.41, 5.74) is 2.30. The summed E-state index contributed by atoms with van der Waals surface area (Å²) in [4.78, 5) is 4.44. The van der Waals surface area contributed by atoms with E-state index in [0.717, 1.165) is 31.0 Å². The van der Waals surface area contributed by atoms with Gasteiger partial charge in [0.2, 0.25) is 0 Å². The first kappa shape index (κ1) is 13.1. The summed E-state index contributed by atoms with van der Waals surface area (Å²) in [6, 6.07) is 8.09. The molecule has 2 aromatic rings. The normalized spacial score (nSPS) is 10.6. The fourth-order valence-corrected chi connectivity index (χ4v) is 2.56. The highest BCUT2D eigenvalue weighted by molar-refractivity contribution is 7.09. The van der Waals surface area contributed by atoms with Crippen molar-refractivity contribution in [1.82, 2.24) is 10.3 Å². The molecular weight excluding hydrogens is 244 g/mol. The molecule has 0 saturated carbocycles. The van der Waals surface area contributed by atoms with Crippen LogP contribution in [0, 0.1) is 6.92 Å². The van der Waals surface area contributed by atoms with E-state index in [-0.39, 0.29) is 0 Å². The van der Waals surface area contributed by atoms with Crippen LogP contribution in [-0.4, -0.2) is 18.6 Å². The number of nitrogens with zero attached hydrogens (tertiary/aromatic N) is 1. The molecule has 4 heteroatoms. The minimum Gasteiger partial charge on any atom is -0.496 e. The molecule has 0 unspecified atom stereocenters. The lowest BCUT2D eigenvalue weighted by Crippen LogP contribution is -2.17. The zero-order valence-corrected chi connectivity index (χ0v) is 11.6. The van der Waals surface area contributed by atoms with Crippen LogP contribution in [0.3, 0.4) is 0 Å². The summed E-state index contributed by atoms with van der Waals surface area (Å²) in [7, 11) is 1.71. The Hall–Kier alpha value is -1.39. The number of aryl methyl sites for hydroxylation is 1. The van der Waals surface area contributed by atoms with Crippen molar-refractivity contribution in [3.63, 3.8) is 0 Å². The smallest absolute Gasteiger partial charge is 0.123 e. The summed E-state index contributed by atoms with van der Waals surface area (Å²) < 4.78 is 5.31. The molecule has 2 rings (SSSR count). The SMILES string of the molecule is COc1ccccc1CNCCc1nc(C)cs1. The Morgan fingerprint density at radius 3 is 2.89 bits per heavy atom. The maximum absolute atomic E-state index is 5.31. The average molecular weight is 262 g/mol. The van der Waals surface area contributed by atoms with Gasteiger partial charge in [0.1, 0.15) is 5.75 Å². The fourth-order valence-electron chi connectivity index (χ4n) is 1.78. The third kappa shape index (κ3) is 3.55. The maximum atomic E-state index is 5.31. The fraction of sp³-hybridized carbons (Fsp3) is 0.357. The second kappa shape index (κ2) is 6.52. The minimum atomic E-state index is 0.828. The molecular formula is C14H18N2OS. The molecule has 1 heterocycles. The molecule has 0 atom stereocenters. The topological polar surface area (TPSA) is 34.1 Å². The number of nitrogens with one attached hydrogen (secondary N) is 1. The summed E-state index contributed by atoms with van der Waals surface area (Å²) in [6.07, 6.45) is 0.980. The zero-order chi connectivity index (χ0) is 12.8. The molecule has 1 aromatic carbocycles. The van der Waals surface area contributed by atoms with Crippen molar-refractivity contribution in [1.29, 1.82) is 0 Å². The van der Waals surface area contributed by atoms with Crippen LogP contribution in [0.1, 0.15) is 16.3 Å². The van der Waals surface area contributed by atoms with Gasteiger partial charge in [0, 0.05) is 36.1 Å². The van der Waals surface area contributed by atoms with Crippen molar-refractivity contribution in [2.45, 2.75) is 19.9 Å². The van der Waals surface area contributed by atoms with Gasteiger partial charge in [0.25, 0.3) is 0 Å². The van der Waals surface area contributed by atoms with Crippen LogP contribution >= 0.6 is 11.3 Å². The number of benzene rings is 1. The summed E-state index contributed by atoms with van der Waals surface area (Å²) in [6.45, 7) is 3.79. The maximum Gasteiger partial charge on any atom is 0.123 e.